The summed E-state index contributed by atoms with van der Waals surface area (Å²) in [5, 5.41) is 11.8. The monoisotopic (exact) mass is 414 g/mol. The molecule has 0 radical (unpaired) electrons. The van der Waals surface area contributed by atoms with E-state index in [1.165, 1.54) is 31.7 Å². The number of hydrogen-bond acceptors (Lipinski definition) is 6. The summed E-state index contributed by atoms with van der Waals surface area (Å²) < 4.78 is 5.29. The van der Waals surface area contributed by atoms with E-state index in [-0.39, 0.29) is 16.5 Å². The van der Waals surface area contributed by atoms with Crippen LogP contribution in [0.3, 0.4) is 0 Å². The lowest BCUT2D eigenvalue weighted by Crippen LogP contribution is -2.51. The minimum atomic E-state index is -0.353. The number of piperazine rings is 1. The summed E-state index contributed by atoms with van der Waals surface area (Å²) in [6.07, 6.45) is 5.51. The van der Waals surface area contributed by atoms with E-state index in [4.69, 9.17) is 4.74 Å². The molecule has 8 heteroatoms. The molecule has 3 unspecified atom stereocenters. The number of hydrogen-bond donors (Lipinski definition) is 0. The van der Waals surface area contributed by atoms with Gasteiger partial charge >= 0.3 is 0 Å². The van der Waals surface area contributed by atoms with Crippen molar-refractivity contribution in [3.63, 3.8) is 0 Å². The first kappa shape index (κ1) is 19.8. The molecule has 4 aliphatic rings. The second kappa shape index (κ2) is 8.15. The average Bonchev–Trinajstić information content (AvgIpc) is 3.43. The van der Waals surface area contributed by atoms with E-state index >= 15 is 0 Å². The maximum Gasteiger partial charge on any atom is 0.293 e. The molecule has 0 aromatic heterocycles. The molecule has 1 aromatic rings. The largest absolute Gasteiger partial charge is 0.378 e. The van der Waals surface area contributed by atoms with Crippen LogP contribution in [0.1, 0.15) is 36.0 Å². The van der Waals surface area contributed by atoms with Crippen molar-refractivity contribution < 1.29 is 14.5 Å². The number of nitro benzene ring substituents is 1. The number of carbonyl (C=O) groups is 1. The highest BCUT2D eigenvalue weighted by atomic mass is 16.6. The van der Waals surface area contributed by atoms with Gasteiger partial charge in [-0.05, 0) is 43.2 Å². The van der Waals surface area contributed by atoms with Crippen LogP contribution in [0, 0.1) is 22.0 Å². The van der Waals surface area contributed by atoms with E-state index in [0.29, 0.717) is 37.6 Å². The Labute approximate surface area is 176 Å². The highest BCUT2D eigenvalue weighted by molar-refractivity contribution is 5.96. The predicted molar refractivity (Wildman–Crippen MR) is 113 cm³/mol. The van der Waals surface area contributed by atoms with Gasteiger partial charge < -0.3 is 14.5 Å². The number of morpholine rings is 1. The lowest BCUT2D eigenvalue weighted by atomic mass is 9.93. The van der Waals surface area contributed by atoms with E-state index in [0.717, 1.165) is 44.1 Å². The summed E-state index contributed by atoms with van der Waals surface area (Å²) in [6, 6.07) is 5.67. The van der Waals surface area contributed by atoms with Crippen LogP contribution in [0.2, 0.25) is 0 Å². The molecule has 2 heterocycles. The zero-order valence-corrected chi connectivity index (χ0v) is 17.4. The van der Waals surface area contributed by atoms with E-state index in [2.05, 4.69) is 9.80 Å². The lowest BCUT2D eigenvalue weighted by molar-refractivity contribution is -0.384. The zero-order valence-electron chi connectivity index (χ0n) is 17.4. The molecule has 162 valence electrons. The van der Waals surface area contributed by atoms with Crippen LogP contribution in [0.15, 0.2) is 18.2 Å². The first-order chi connectivity index (χ1) is 14.6. The molecule has 2 aliphatic heterocycles. The predicted octanol–water partition coefficient (Wildman–Crippen LogP) is 2.38. The molecule has 2 bridgehead atoms. The maximum atomic E-state index is 12.7. The molecule has 30 heavy (non-hydrogen) atoms. The van der Waals surface area contributed by atoms with Crippen LogP contribution in [0.5, 0.6) is 0 Å². The number of anilines is 1. The summed E-state index contributed by atoms with van der Waals surface area (Å²) in [5.74, 6) is 1.63. The van der Waals surface area contributed by atoms with Crippen LogP contribution >= 0.6 is 0 Å². The molecule has 8 nitrogen and oxygen atoms in total. The number of amides is 1. The SMILES string of the molecule is O=C(c1ccc(N2CCN(C3CC4CCC3C4)CC2)c([N+](=O)[O-])c1)N1CCOCC1. The van der Waals surface area contributed by atoms with Gasteiger partial charge in [0.15, 0.2) is 0 Å². The first-order valence-corrected chi connectivity index (χ1v) is 11.2. The van der Waals surface area contributed by atoms with Crippen molar-refractivity contribution in [3.05, 3.63) is 33.9 Å². The standard InChI is InChI=1S/C22H30N4O4/c27-22(25-9-11-30-12-10-25)18-3-4-19(21(15-18)26(28)29)23-5-7-24(8-6-23)20-14-16-1-2-17(20)13-16/h3-4,15-17,20H,1-2,5-14H2. The van der Waals surface area contributed by atoms with E-state index in [1.54, 1.807) is 17.0 Å². The van der Waals surface area contributed by atoms with Gasteiger partial charge in [-0.15, -0.1) is 0 Å². The van der Waals surface area contributed by atoms with Crippen molar-refractivity contribution in [2.75, 3.05) is 57.4 Å². The molecular formula is C22H30N4O4. The Bertz CT molecular complexity index is 817. The summed E-state index contributed by atoms with van der Waals surface area (Å²) in [4.78, 5) is 30.6. The fraction of sp³-hybridized carbons (Fsp3) is 0.682. The van der Waals surface area contributed by atoms with Crippen molar-refractivity contribution in [1.29, 1.82) is 0 Å². The van der Waals surface area contributed by atoms with E-state index in [1.807, 2.05) is 0 Å². The molecule has 2 saturated heterocycles. The average molecular weight is 415 g/mol. The van der Waals surface area contributed by atoms with Gasteiger partial charge in [-0.2, -0.15) is 0 Å². The molecule has 2 saturated carbocycles. The van der Waals surface area contributed by atoms with Crippen molar-refractivity contribution in [3.8, 4) is 0 Å². The topological polar surface area (TPSA) is 79.2 Å². The molecule has 0 N–H and O–H groups in total. The van der Waals surface area contributed by atoms with Gasteiger partial charge in [-0.3, -0.25) is 19.8 Å². The number of ether oxygens (including phenoxy) is 1. The highest BCUT2D eigenvalue weighted by Gasteiger charge is 2.43. The fourth-order valence-electron chi connectivity index (χ4n) is 5.97. The Morgan fingerprint density at radius 1 is 1.03 bits per heavy atom. The van der Waals surface area contributed by atoms with E-state index in [9.17, 15) is 14.9 Å². The Hall–Kier alpha value is -2.19. The minimum Gasteiger partial charge on any atom is -0.378 e. The third-order valence-corrected chi connectivity index (χ3v) is 7.54. The first-order valence-electron chi connectivity index (χ1n) is 11.2. The number of rotatable bonds is 4. The number of nitro groups is 1. The van der Waals surface area contributed by atoms with E-state index < -0.39 is 0 Å². The smallest absolute Gasteiger partial charge is 0.293 e. The quantitative estimate of drug-likeness (QED) is 0.556. The minimum absolute atomic E-state index is 0.0301. The Morgan fingerprint density at radius 2 is 1.80 bits per heavy atom. The Balaban J connectivity index is 1.28. The van der Waals surface area contributed by atoms with Gasteiger partial charge in [0.2, 0.25) is 0 Å². The van der Waals surface area contributed by atoms with Crippen molar-refractivity contribution in [2.45, 2.75) is 31.7 Å². The van der Waals surface area contributed by atoms with Gasteiger partial charge in [0.25, 0.3) is 11.6 Å². The summed E-state index contributed by atoms with van der Waals surface area (Å²) in [6.45, 7) is 5.59. The van der Waals surface area contributed by atoms with Crippen LogP contribution in [-0.2, 0) is 4.74 Å². The number of benzene rings is 1. The molecule has 3 atom stereocenters. The third kappa shape index (κ3) is 3.67. The summed E-state index contributed by atoms with van der Waals surface area (Å²) in [5.41, 5.74) is 1.04. The van der Waals surface area contributed by atoms with Gasteiger partial charge in [-0.25, -0.2) is 0 Å². The van der Waals surface area contributed by atoms with Crippen molar-refractivity contribution >= 4 is 17.3 Å². The number of fused-ring (bicyclic) bond motifs is 2. The number of carbonyl (C=O) groups excluding carboxylic acids is 1. The Kier molecular flexibility index (Phi) is 5.37. The molecule has 2 aliphatic carbocycles. The maximum absolute atomic E-state index is 12.7. The normalized spacial score (nSPS) is 29.4. The zero-order chi connectivity index (χ0) is 20.7. The van der Waals surface area contributed by atoms with Crippen LogP contribution in [-0.4, -0.2) is 79.2 Å². The van der Waals surface area contributed by atoms with Crippen molar-refractivity contribution in [1.82, 2.24) is 9.80 Å². The molecule has 1 amide bonds. The highest BCUT2D eigenvalue weighted by Crippen LogP contribution is 2.47. The van der Waals surface area contributed by atoms with Crippen LogP contribution in [0.25, 0.3) is 0 Å². The molecule has 4 fully saturated rings. The Morgan fingerprint density at radius 3 is 2.43 bits per heavy atom. The summed E-state index contributed by atoms with van der Waals surface area (Å²) in [7, 11) is 0. The second-order valence-corrected chi connectivity index (χ2v) is 9.13. The van der Waals surface area contributed by atoms with Gasteiger partial charge in [0.1, 0.15) is 5.69 Å². The van der Waals surface area contributed by atoms with Crippen LogP contribution in [0.4, 0.5) is 11.4 Å². The van der Waals surface area contributed by atoms with Gasteiger partial charge in [0, 0.05) is 56.9 Å². The van der Waals surface area contributed by atoms with Gasteiger partial charge in [0.05, 0.1) is 18.1 Å². The third-order valence-electron chi connectivity index (χ3n) is 7.54. The van der Waals surface area contributed by atoms with Crippen LogP contribution < -0.4 is 4.90 Å². The van der Waals surface area contributed by atoms with Gasteiger partial charge in [-0.1, -0.05) is 6.42 Å². The summed E-state index contributed by atoms with van der Waals surface area (Å²) >= 11 is 0. The molecule has 1 aromatic carbocycles. The fourth-order valence-corrected chi connectivity index (χ4v) is 5.97. The lowest BCUT2D eigenvalue weighted by Gasteiger charge is -2.41. The number of nitrogens with zero attached hydrogens (tertiary/aromatic N) is 4. The molecule has 5 rings (SSSR count). The molecule has 0 spiro atoms. The van der Waals surface area contributed by atoms with Crippen molar-refractivity contribution in [2.24, 2.45) is 11.8 Å². The second-order valence-electron chi connectivity index (χ2n) is 9.13. The molecular weight excluding hydrogens is 384 g/mol.